The number of rotatable bonds is 22. The van der Waals surface area contributed by atoms with E-state index in [0.29, 0.717) is 18.8 Å². The predicted octanol–water partition coefficient (Wildman–Crippen LogP) is 4.17. The summed E-state index contributed by atoms with van der Waals surface area (Å²) in [7, 11) is 1.41. The number of phenolic OH excluding ortho intramolecular Hbond substituents is 4. The van der Waals surface area contributed by atoms with Crippen LogP contribution in [0.25, 0.3) is 11.1 Å². The number of aliphatic hydroxyl groups is 7. The maximum atomic E-state index is 16.9. The number of hydrogen-bond donors (Lipinski definition) is 21. The van der Waals surface area contributed by atoms with Crippen molar-refractivity contribution >= 4 is 76.4 Å². The number of carbonyl (C=O) groups excluding carboxylic acids is 8. The molecule has 128 heavy (non-hydrogen) atoms. The summed E-state index contributed by atoms with van der Waals surface area (Å²) < 4.78 is 92.0. The van der Waals surface area contributed by atoms with E-state index in [-0.39, 0.29) is 33.9 Å². The molecule has 0 aliphatic carbocycles. The number of nitrogens with zero attached hydrogens (tertiary/aromatic N) is 1. The van der Waals surface area contributed by atoms with Gasteiger partial charge in [0.2, 0.25) is 65.6 Å². The van der Waals surface area contributed by atoms with E-state index < -0.39 is 316 Å². The number of carbonyl (C=O) groups is 9. The van der Waals surface area contributed by atoms with Crippen molar-refractivity contribution in [1.29, 1.82) is 0 Å². The second-order valence-corrected chi connectivity index (χ2v) is 32.8. The molecule has 18 atom stereocenters. The third kappa shape index (κ3) is 21.1. The Morgan fingerprint density at radius 1 is 0.578 bits per heavy atom. The zero-order chi connectivity index (χ0) is 97.0. The van der Waals surface area contributed by atoms with Gasteiger partial charge in [0.15, 0.2) is 29.1 Å². The summed E-state index contributed by atoms with van der Waals surface area (Å²) in [5, 5.41) is 161. The number of carboxylic acids is 1. The van der Waals surface area contributed by atoms with Gasteiger partial charge in [-0.15, -0.1) is 0 Å². The molecule has 15 rings (SSSR count). The number of fused-ring (bicyclic) bond motifs is 14. The van der Waals surface area contributed by atoms with Crippen LogP contribution in [0, 0.1) is 5.92 Å². The monoisotopic (exact) mass is 1820 g/mol. The van der Waals surface area contributed by atoms with Gasteiger partial charge in [-0.1, -0.05) is 106 Å². The molecular formula is C88H100Cl2N10O28. The van der Waals surface area contributed by atoms with E-state index in [0.717, 1.165) is 105 Å². The van der Waals surface area contributed by atoms with Crippen molar-refractivity contribution in [3.05, 3.63) is 164 Å². The lowest BCUT2D eigenvalue weighted by Gasteiger charge is -2.41. The van der Waals surface area contributed by atoms with E-state index in [2.05, 4.69) is 61.7 Å². The summed E-state index contributed by atoms with van der Waals surface area (Å²) in [5.41, 5.74) is -3.46. The van der Waals surface area contributed by atoms with Crippen molar-refractivity contribution in [3.8, 4) is 80.1 Å². The van der Waals surface area contributed by atoms with Gasteiger partial charge in [-0.05, 0) is 152 Å². The maximum Gasteiger partial charge on any atom is 0.335 e. The highest BCUT2D eigenvalue weighted by Gasteiger charge is 2.52. The van der Waals surface area contributed by atoms with Crippen LogP contribution in [0.3, 0.4) is 0 Å². The lowest BCUT2D eigenvalue weighted by atomic mass is 9.89. The molecule has 7 aromatic rings. The SMILES string of the molecule is [2H]C([2H])([2H])N(CCCNC(=O)[C@H]1NC(=O)[C@H]2NC(=O)[C@H](NC(=O)[C@@H]3NC(=O)[C@H]4NC(=O)[C@@H](Cc5ccc(cc5)Oc5cc3cc(c5O[C@@H]3O[C@H](C(=O)O)[C@@H](O)[C@H](O)[C@H]3NC(=O)CCCCCCCCC(C)C)Oc3ccc(cc3Cl)[C@H]2O)NC(=O)[C@@H](NC)c2ccc(O)c(c2)Oc2cc(O)c(Cl)c4c2)c2ccc(O)c(c2)-c2c(O[C@H]3O[C@H](CO)[C@@H](O)[C@H](O)[C@@H]3O)cc(O)cc21)C([2H])([2H])[2H]. The van der Waals surface area contributed by atoms with Crippen LogP contribution in [0.15, 0.2) is 115 Å². The van der Waals surface area contributed by atoms with E-state index in [9.17, 15) is 75.7 Å². The third-order valence-corrected chi connectivity index (χ3v) is 23.2. The molecular weight excluding hydrogens is 1720 g/mol. The number of likely N-dealkylation sites (N-methyl/N-ethyl adjacent to an activating group) is 1. The van der Waals surface area contributed by atoms with Gasteiger partial charge in [0.05, 0.1) is 16.7 Å². The number of aromatic hydroxyl groups is 4. The van der Waals surface area contributed by atoms with Gasteiger partial charge in [0.1, 0.15) is 131 Å². The smallest absolute Gasteiger partial charge is 0.335 e. The molecule has 8 aliphatic heterocycles. The van der Waals surface area contributed by atoms with Crippen molar-refractivity contribution in [2.75, 3.05) is 40.7 Å². The fraction of sp³-hybridized carbons (Fsp3) is 0.420. The number of aliphatic hydroxyl groups excluding tert-OH is 7. The summed E-state index contributed by atoms with van der Waals surface area (Å²) in [6.45, 7) is -4.60. The second-order valence-electron chi connectivity index (χ2n) is 32.0. The summed E-state index contributed by atoms with van der Waals surface area (Å²) in [6, 6.07) is 3.99. The standard InChI is InChI=1S/C88H100Cl2N10O28/c1-38(2)13-10-8-6-7-9-11-14-61(106)94-70-73(109)75(111)78(86(120)121)128-87(70)127-77-58-31-43-32-59(77)124-55-24-19-42(29-50(55)89)71(107)69-85(119)98-67(80(114)92-25-12-26-100(4)5)48-33-44(102)34-57(125-88-76(112)74(110)72(108)60(37-101)126-88)62(48)47-28-40(17-22-52(47)103)65(82(116)99-69)95-83(117)66(43)96-84(118)68-49-35-46(36-54(105)63(49)90)123-56-30-41(18-23-53(56)104)64(91-3)81(115)93-51(79(113)97-68)27-39-15-20-45(122-58)21-16-39/h15-24,28-36,38,51,60,64-76,78,87-88,91,101-105,107-112H,6-14,25-27,37H2,1-5H3,(H,92,114)(H,93,115)(H,94,106)(H,95,117)(H,96,118)(H,97,113)(H,98,119)(H,99,116)(H,120,121)/t51-,60-,64+,65-,66-,67+,68+,69+,70-,71-,72-,73-,74+,75+,76+,78+,87-,88+/m1/s1/i4D3,5D3. The first-order valence-electron chi connectivity index (χ1n) is 44.0. The number of amides is 8. The fourth-order valence-corrected chi connectivity index (χ4v) is 16.2. The number of phenols is 4. The van der Waals surface area contributed by atoms with Crippen molar-refractivity contribution in [3.63, 3.8) is 0 Å². The van der Waals surface area contributed by atoms with Gasteiger partial charge in [-0.3, -0.25) is 38.4 Å². The number of benzene rings is 7. The molecule has 2 fully saturated rings. The van der Waals surface area contributed by atoms with Crippen LogP contribution in [-0.4, -0.2) is 234 Å². The summed E-state index contributed by atoms with van der Waals surface area (Å²) >= 11 is 14.3. The highest BCUT2D eigenvalue weighted by atomic mass is 35.5. The minimum absolute atomic E-state index is 0.165. The van der Waals surface area contributed by atoms with Gasteiger partial charge >= 0.3 is 5.97 Å². The number of hydrogen-bond acceptors (Lipinski definition) is 29. The number of unbranched alkanes of at least 4 members (excludes halogenated alkanes) is 5. The second kappa shape index (κ2) is 40.6. The van der Waals surface area contributed by atoms with Crippen LogP contribution < -0.4 is 71.5 Å². The number of carboxylic acid groups (broad SMARTS) is 1. The van der Waals surface area contributed by atoms with Gasteiger partial charge < -0.3 is 147 Å². The first-order valence-corrected chi connectivity index (χ1v) is 41.8. The van der Waals surface area contributed by atoms with E-state index >= 15 is 28.8 Å². The van der Waals surface area contributed by atoms with Crippen LogP contribution in [0.5, 0.6) is 69.0 Å². The maximum absolute atomic E-state index is 16.9. The highest BCUT2D eigenvalue weighted by molar-refractivity contribution is 6.33. The van der Waals surface area contributed by atoms with Crippen molar-refractivity contribution in [2.24, 2.45) is 5.92 Å². The van der Waals surface area contributed by atoms with E-state index in [1.54, 1.807) is 0 Å². The predicted molar refractivity (Wildman–Crippen MR) is 452 cm³/mol. The Morgan fingerprint density at radius 2 is 1.23 bits per heavy atom. The molecule has 2 saturated heterocycles. The van der Waals surface area contributed by atoms with Crippen LogP contribution in [0.2, 0.25) is 10.0 Å². The lowest BCUT2D eigenvalue weighted by molar-refractivity contribution is -0.277. The Morgan fingerprint density at radius 3 is 1.94 bits per heavy atom. The molecule has 0 radical (unpaired) electrons. The fourth-order valence-electron chi connectivity index (χ4n) is 15.8. The van der Waals surface area contributed by atoms with E-state index in [1.165, 1.54) is 49.5 Å². The quantitative estimate of drug-likeness (QED) is 0.0423. The number of aliphatic carboxylic acids is 1. The normalized spacial score (nSPS) is 26.7. The van der Waals surface area contributed by atoms with Gasteiger partial charge in [0, 0.05) is 56.4 Å². The molecule has 40 heteroatoms. The molecule has 38 nitrogen and oxygen atoms in total. The summed E-state index contributed by atoms with van der Waals surface area (Å²) in [5.74, 6) is -19.0. The van der Waals surface area contributed by atoms with Crippen LogP contribution in [0.1, 0.15) is 155 Å². The van der Waals surface area contributed by atoms with Crippen molar-refractivity contribution in [1.82, 2.24) is 52.8 Å². The number of ether oxygens (including phenoxy) is 7. The molecule has 0 aromatic heterocycles. The first kappa shape index (κ1) is 85.5. The van der Waals surface area contributed by atoms with Gasteiger partial charge in [-0.2, -0.15) is 0 Å². The Bertz CT molecular complexity index is 5580. The minimum atomic E-state index is -3.22. The number of halogens is 2. The molecule has 0 spiro atoms. The van der Waals surface area contributed by atoms with E-state index in [4.69, 9.17) is 64.6 Å². The largest absolute Gasteiger partial charge is 0.508 e. The Labute approximate surface area is 750 Å². The zero-order valence-electron chi connectivity index (χ0n) is 74.7. The van der Waals surface area contributed by atoms with E-state index in [1.807, 2.05) is 0 Å². The molecule has 7 aromatic carbocycles. The lowest BCUT2D eigenvalue weighted by Crippen LogP contribution is -2.66. The Balaban J connectivity index is 1.04. The average molecular weight is 1820 g/mol. The summed E-state index contributed by atoms with van der Waals surface area (Å²) in [6.07, 6.45) is -17.5. The van der Waals surface area contributed by atoms with Crippen LogP contribution in [0.4, 0.5) is 0 Å². The minimum Gasteiger partial charge on any atom is -0.508 e. The molecule has 8 aliphatic rings. The van der Waals surface area contributed by atoms with Gasteiger partial charge in [0.25, 0.3) is 0 Å². The van der Waals surface area contributed by atoms with Gasteiger partial charge in [-0.25, -0.2) is 4.79 Å². The van der Waals surface area contributed by atoms with Crippen LogP contribution in [-0.2, 0) is 59.0 Å². The van der Waals surface area contributed by atoms with Crippen LogP contribution >= 0.6 is 23.2 Å². The Hall–Kier alpha value is -11.9. The third-order valence-electron chi connectivity index (χ3n) is 22.5. The zero-order valence-corrected chi connectivity index (χ0v) is 70.2. The molecule has 17 bridgehead atoms. The van der Waals surface area contributed by atoms with Crippen molar-refractivity contribution < 1.29 is 146 Å². The molecule has 684 valence electrons. The van der Waals surface area contributed by atoms with Crippen molar-refractivity contribution in [2.45, 2.75) is 188 Å². The molecule has 21 N–H and O–H groups in total. The molecule has 0 saturated carbocycles. The highest BCUT2D eigenvalue weighted by Crippen LogP contribution is 2.51. The Kier molecular flexibility index (Phi) is 27.1. The average Bonchev–Trinajstić information content (AvgIpc) is 0.756. The molecule has 0 unspecified atom stereocenters. The summed E-state index contributed by atoms with van der Waals surface area (Å²) in [4.78, 5) is 139. The molecule has 8 amide bonds. The topological polar surface area (TPSA) is 573 Å². The number of nitrogens with one attached hydrogen (secondary N) is 9. The first-order chi connectivity index (χ1) is 63.5. The molecule has 8 heterocycles.